The molecule has 200 valence electrons. The highest BCUT2D eigenvalue weighted by Crippen LogP contribution is 2.27. The average Bonchev–Trinajstić information content (AvgIpc) is 2.92. The summed E-state index contributed by atoms with van der Waals surface area (Å²) in [7, 11) is -3.82. The van der Waals surface area contributed by atoms with Crippen molar-refractivity contribution in [2.45, 2.75) is 32.3 Å². The number of carbonyl (C=O) groups excluding carboxylic acids is 2. The number of nitrogens with zero attached hydrogens (tertiary/aromatic N) is 1. The second-order valence-electron chi connectivity index (χ2n) is 8.80. The van der Waals surface area contributed by atoms with Gasteiger partial charge in [-0.05, 0) is 56.7 Å². The van der Waals surface area contributed by atoms with E-state index < -0.39 is 22.0 Å². The van der Waals surface area contributed by atoms with E-state index in [0.717, 1.165) is 11.1 Å². The van der Waals surface area contributed by atoms with Crippen LogP contribution in [0.3, 0.4) is 0 Å². The molecule has 1 heterocycles. The molecule has 0 aliphatic heterocycles. The number of aromatic nitrogens is 1. The molecule has 39 heavy (non-hydrogen) atoms. The van der Waals surface area contributed by atoms with Gasteiger partial charge in [0.15, 0.2) is 0 Å². The minimum absolute atomic E-state index is 0.0167. The molecule has 0 saturated heterocycles. The van der Waals surface area contributed by atoms with Crippen LogP contribution >= 0.6 is 0 Å². The molecule has 0 aliphatic carbocycles. The van der Waals surface area contributed by atoms with Crippen LogP contribution in [0.4, 0.5) is 5.69 Å². The Balaban J connectivity index is 1.66. The molecule has 0 spiro atoms. The van der Waals surface area contributed by atoms with Crippen LogP contribution < -0.4 is 4.72 Å². The zero-order valence-electron chi connectivity index (χ0n) is 21.8. The largest absolute Gasteiger partial charge is 0.462 e. The van der Waals surface area contributed by atoms with Gasteiger partial charge in [0, 0.05) is 11.3 Å². The zero-order valence-corrected chi connectivity index (χ0v) is 22.6. The number of anilines is 1. The van der Waals surface area contributed by atoms with E-state index in [1.165, 1.54) is 18.2 Å². The van der Waals surface area contributed by atoms with Gasteiger partial charge in [-0.1, -0.05) is 60.2 Å². The fourth-order valence-corrected chi connectivity index (χ4v) is 4.97. The first-order valence-corrected chi connectivity index (χ1v) is 13.8. The zero-order chi connectivity index (χ0) is 28.0. The Labute approximate surface area is 227 Å². The van der Waals surface area contributed by atoms with Crippen molar-refractivity contribution in [2.24, 2.45) is 0 Å². The van der Waals surface area contributed by atoms with Crippen LogP contribution in [0.2, 0.25) is 0 Å². The SMILES string of the molecule is CCOC(=O)c1cc(-c2cccc(NS(=O)(=O)c3ccc(C)cc3)c2)nc(C)c1C(=O)OCc1ccccc1. The lowest BCUT2D eigenvalue weighted by Gasteiger charge is -2.14. The van der Waals surface area contributed by atoms with Crippen LogP contribution in [0, 0.1) is 13.8 Å². The molecule has 0 bridgehead atoms. The number of sulfonamides is 1. The van der Waals surface area contributed by atoms with Gasteiger partial charge >= 0.3 is 11.9 Å². The van der Waals surface area contributed by atoms with Crippen molar-refractivity contribution < 1.29 is 27.5 Å². The lowest BCUT2D eigenvalue weighted by molar-refractivity contribution is 0.0443. The van der Waals surface area contributed by atoms with E-state index in [4.69, 9.17) is 9.47 Å². The minimum atomic E-state index is -3.82. The van der Waals surface area contributed by atoms with E-state index in [0.29, 0.717) is 16.9 Å². The monoisotopic (exact) mass is 544 g/mol. The Kier molecular flexibility index (Phi) is 8.41. The molecule has 4 aromatic rings. The Morgan fingerprint density at radius 3 is 2.26 bits per heavy atom. The number of benzene rings is 3. The minimum Gasteiger partial charge on any atom is -0.462 e. The average molecular weight is 545 g/mol. The predicted molar refractivity (Wildman–Crippen MR) is 148 cm³/mol. The summed E-state index contributed by atoms with van der Waals surface area (Å²) in [6.07, 6.45) is 0. The first kappa shape index (κ1) is 27.5. The van der Waals surface area contributed by atoms with Gasteiger partial charge < -0.3 is 9.47 Å². The van der Waals surface area contributed by atoms with Crippen molar-refractivity contribution in [1.29, 1.82) is 0 Å². The van der Waals surface area contributed by atoms with E-state index in [-0.39, 0.29) is 34.9 Å². The number of esters is 2. The van der Waals surface area contributed by atoms with Crippen LogP contribution in [-0.4, -0.2) is 31.9 Å². The van der Waals surface area contributed by atoms with Gasteiger partial charge in [0.05, 0.1) is 34.0 Å². The molecule has 0 aliphatic rings. The van der Waals surface area contributed by atoms with Crippen molar-refractivity contribution in [2.75, 3.05) is 11.3 Å². The molecule has 0 atom stereocenters. The lowest BCUT2D eigenvalue weighted by atomic mass is 10.0. The summed E-state index contributed by atoms with van der Waals surface area (Å²) < 4.78 is 39.0. The molecule has 3 aromatic carbocycles. The molecule has 9 heteroatoms. The molecule has 0 amide bonds. The molecule has 0 unspecified atom stereocenters. The van der Waals surface area contributed by atoms with Crippen molar-refractivity contribution >= 4 is 27.6 Å². The molecule has 4 rings (SSSR count). The molecular formula is C30H28N2O6S. The summed E-state index contributed by atoms with van der Waals surface area (Å²) in [4.78, 5) is 30.6. The number of aryl methyl sites for hydroxylation is 2. The smallest absolute Gasteiger partial charge is 0.341 e. The van der Waals surface area contributed by atoms with Crippen molar-refractivity contribution in [3.8, 4) is 11.3 Å². The predicted octanol–water partition coefficient (Wildman–Crippen LogP) is 5.70. The Bertz CT molecular complexity index is 1600. The van der Waals surface area contributed by atoms with Gasteiger partial charge in [0.25, 0.3) is 10.0 Å². The number of hydrogen-bond donors (Lipinski definition) is 1. The van der Waals surface area contributed by atoms with Gasteiger partial charge in [0.1, 0.15) is 6.61 Å². The molecule has 8 nitrogen and oxygen atoms in total. The van der Waals surface area contributed by atoms with Gasteiger partial charge in [0.2, 0.25) is 0 Å². The van der Waals surface area contributed by atoms with Crippen LogP contribution in [0.25, 0.3) is 11.3 Å². The third kappa shape index (κ3) is 6.69. The topological polar surface area (TPSA) is 112 Å². The fourth-order valence-electron chi connectivity index (χ4n) is 3.92. The van der Waals surface area contributed by atoms with Crippen LogP contribution in [0.5, 0.6) is 0 Å². The summed E-state index contributed by atoms with van der Waals surface area (Å²) >= 11 is 0. The van der Waals surface area contributed by atoms with Crippen molar-refractivity contribution in [3.63, 3.8) is 0 Å². The number of nitrogens with one attached hydrogen (secondary N) is 1. The first-order chi connectivity index (χ1) is 18.7. The van der Waals surface area contributed by atoms with Crippen LogP contribution in [0.15, 0.2) is 89.8 Å². The van der Waals surface area contributed by atoms with Gasteiger partial charge in [-0.15, -0.1) is 0 Å². The molecule has 0 saturated carbocycles. The third-order valence-corrected chi connectivity index (χ3v) is 7.25. The van der Waals surface area contributed by atoms with Crippen molar-refractivity contribution in [1.82, 2.24) is 4.98 Å². The molecule has 0 radical (unpaired) electrons. The molecule has 1 N–H and O–H groups in total. The molecular weight excluding hydrogens is 516 g/mol. The molecule has 0 fully saturated rings. The summed E-state index contributed by atoms with van der Waals surface area (Å²) in [6, 6.07) is 23.8. The van der Waals surface area contributed by atoms with E-state index >= 15 is 0 Å². The van der Waals surface area contributed by atoms with Gasteiger partial charge in [-0.2, -0.15) is 0 Å². The second kappa shape index (κ2) is 11.9. The lowest BCUT2D eigenvalue weighted by Crippen LogP contribution is -2.17. The number of rotatable bonds is 9. The summed E-state index contributed by atoms with van der Waals surface area (Å²) in [5.74, 6) is -1.38. The number of ether oxygens (including phenoxy) is 2. The maximum absolute atomic E-state index is 13.0. The van der Waals surface area contributed by atoms with Gasteiger partial charge in [-0.25, -0.2) is 18.0 Å². The van der Waals surface area contributed by atoms with E-state index in [2.05, 4.69) is 9.71 Å². The maximum Gasteiger partial charge on any atom is 0.341 e. The summed E-state index contributed by atoms with van der Waals surface area (Å²) in [6.45, 7) is 5.30. The Morgan fingerprint density at radius 1 is 0.846 bits per heavy atom. The first-order valence-electron chi connectivity index (χ1n) is 12.3. The normalized spacial score (nSPS) is 11.1. The van der Waals surface area contributed by atoms with E-state index in [1.807, 2.05) is 37.3 Å². The Morgan fingerprint density at radius 2 is 1.56 bits per heavy atom. The van der Waals surface area contributed by atoms with E-state index in [1.54, 1.807) is 50.2 Å². The number of hydrogen-bond acceptors (Lipinski definition) is 7. The summed E-state index contributed by atoms with van der Waals surface area (Å²) in [5.41, 5.74) is 3.28. The molecule has 1 aromatic heterocycles. The van der Waals surface area contributed by atoms with Crippen molar-refractivity contribution in [3.05, 3.63) is 113 Å². The second-order valence-corrected chi connectivity index (χ2v) is 10.5. The highest BCUT2D eigenvalue weighted by molar-refractivity contribution is 7.92. The fraction of sp³-hybridized carbons (Fsp3) is 0.167. The summed E-state index contributed by atoms with van der Waals surface area (Å²) in [5, 5.41) is 0. The standard InChI is InChI=1S/C30H28N2O6S/c1-4-37-29(33)26-18-27(31-21(3)28(26)30(34)38-19-22-9-6-5-7-10-22)23-11-8-12-24(17-23)32-39(35,36)25-15-13-20(2)14-16-25/h5-18,32H,4,19H2,1-3H3. The van der Waals surface area contributed by atoms with Gasteiger partial charge in [-0.3, -0.25) is 9.71 Å². The number of pyridine rings is 1. The highest BCUT2D eigenvalue weighted by Gasteiger charge is 2.25. The van der Waals surface area contributed by atoms with E-state index in [9.17, 15) is 18.0 Å². The Hall–Kier alpha value is -4.50. The van der Waals surface area contributed by atoms with Crippen LogP contribution in [0.1, 0.15) is 44.5 Å². The van der Waals surface area contributed by atoms with Crippen LogP contribution in [-0.2, 0) is 26.1 Å². The quantitative estimate of drug-likeness (QED) is 0.269. The highest BCUT2D eigenvalue weighted by atomic mass is 32.2. The maximum atomic E-state index is 13.0. The number of carbonyl (C=O) groups is 2. The third-order valence-electron chi connectivity index (χ3n) is 5.85.